The molecule has 0 aliphatic rings. The van der Waals surface area contributed by atoms with E-state index in [0.29, 0.717) is 0 Å². The predicted octanol–water partition coefficient (Wildman–Crippen LogP) is 0.878. The molecule has 30 valence electrons. The van der Waals surface area contributed by atoms with Gasteiger partial charge < -0.3 is 5.21 Å². The molecule has 0 unspecified atom stereocenters. The molecule has 0 amide bonds. The van der Waals surface area contributed by atoms with E-state index in [-0.39, 0.29) is 1.43 Å². The third-order valence-electron chi connectivity index (χ3n) is 0.172. The molecule has 0 rings (SSSR count). The molecule has 0 aliphatic carbocycles. The Kier molecular flexibility index (Phi) is 2.70. The van der Waals surface area contributed by atoms with E-state index in [1.807, 2.05) is 0 Å². The van der Waals surface area contributed by atoms with Crippen LogP contribution >= 0.6 is 0 Å². The Morgan fingerprint density at radius 2 is 2.60 bits per heavy atom. The molecule has 2 nitrogen and oxygen atoms in total. The van der Waals surface area contributed by atoms with E-state index in [1.165, 1.54) is 12.3 Å². The molecule has 0 saturated carbocycles. The zero-order valence-electron chi connectivity index (χ0n) is 2.76. The summed E-state index contributed by atoms with van der Waals surface area (Å²) in [5.74, 6) is 0. The van der Waals surface area contributed by atoms with E-state index in [9.17, 15) is 0 Å². The van der Waals surface area contributed by atoms with Crippen LogP contribution in [0, 0.1) is 0 Å². The van der Waals surface area contributed by atoms with Gasteiger partial charge in [-0.2, -0.15) is 0 Å². The van der Waals surface area contributed by atoms with E-state index in [2.05, 4.69) is 11.7 Å². The van der Waals surface area contributed by atoms with Crippen molar-refractivity contribution in [1.82, 2.24) is 0 Å². The number of hydrogen-bond donors (Lipinski definition) is 1. The van der Waals surface area contributed by atoms with Crippen LogP contribution in [-0.2, 0) is 0 Å². The molecule has 2 heteroatoms. The predicted molar refractivity (Wildman–Crippen MR) is 22.6 cm³/mol. The molecule has 0 heterocycles. The normalized spacial score (nSPS) is 8.80. The highest BCUT2D eigenvalue weighted by atomic mass is 16.4. The SMILES string of the molecule is C=C/C=N/O.[HH]. The topological polar surface area (TPSA) is 32.6 Å². The van der Waals surface area contributed by atoms with Gasteiger partial charge in [-0.1, -0.05) is 11.7 Å². The maximum Gasteiger partial charge on any atom is 0.0655 e. The Hall–Kier alpha value is -0.790. The molecule has 0 aromatic rings. The van der Waals surface area contributed by atoms with Crippen molar-refractivity contribution in [2.75, 3.05) is 0 Å². The summed E-state index contributed by atoms with van der Waals surface area (Å²) in [6.45, 7) is 3.24. The Morgan fingerprint density at radius 3 is 2.60 bits per heavy atom. The van der Waals surface area contributed by atoms with Crippen LogP contribution in [0.15, 0.2) is 17.8 Å². The number of nitrogens with zero attached hydrogens (tertiary/aromatic N) is 1. The maximum absolute atomic E-state index is 7.56. The first-order chi connectivity index (χ1) is 2.41. The van der Waals surface area contributed by atoms with Crippen LogP contribution in [0.25, 0.3) is 0 Å². The van der Waals surface area contributed by atoms with Crippen molar-refractivity contribution in [3.8, 4) is 0 Å². The van der Waals surface area contributed by atoms with Crippen LogP contribution in [0.1, 0.15) is 1.43 Å². The lowest BCUT2D eigenvalue weighted by atomic mass is 10.7. The second-order valence-electron chi connectivity index (χ2n) is 0.500. The zero-order valence-corrected chi connectivity index (χ0v) is 2.76. The van der Waals surface area contributed by atoms with Crippen LogP contribution in [0.4, 0.5) is 0 Å². The molecule has 0 radical (unpaired) electrons. The zero-order chi connectivity index (χ0) is 4.12. The molecule has 0 fully saturated rings. The van der Waals surface area contributed by atoms with Crippen molar-refractivity contribution >= 4 is 6.21 Å². The molecule has 0 spiro atoms. The van der Waals surface area contributed by atoms with Gasteiger partial charge in [0.25, 0.3) is 0 Å². The smallest absolute Gasteiger partial charge is 0.0655 e. The summed E-state index contributed by atoms with van der Waals surface area (Å²) in [5, 5.41) is 10.2. The van der Waals surface area contributed by atoms with Gasteiger partial charge in [0.1, 0.15) is 0 Å². The fourth-order valence-corrected chi connectivity index (χ4v) is 0.0471. The third-order valence-corrected chi connectivity index (χ3v) is 0.172. The van der Waals surface area contributed by atoms with Crippen LogP contribution in [0.3, 0.4) is 0 Å². The summed E-state index contributed by atoms with van der Waals surface area (Å²) in [6, 6.07) is 0. The highest BCUT2D eigenvalue weighted by molar-refractivity contribution is 5.69. The first-order valence-corrected chi connectivity index (χ1v) is 1.20. The first kappa shape index (κ1) is 4.21. The van der Waals surface area contributed by atoms with Gasteiger partial charge >= 0.3 is 0 Å². The number of oxime groups is 1. The second kappa shape index (κ2) is 3.21. The van der Waals surface area contributed by atoms with Crippen molar-refractivity contribution in [3.05, 3.63) is 12.7 Å². The third kappa shape index (κ3) is 3.21. The molecular formula is C3H7NO. The molecule has 0 aromatic carbocycles. The van der Waals surface area contributed by atoms with Crippen molar-refractivity contribution in [3.63, 3.8) is 0 Å². The lowest BCUT2D eigenvalue weighted by Gasteiger charge is -1.58. The van der Waals surface area contributed by atoms with Gasteiger partial charge in [0.15, 0.2) is 0 Å². The van der Waals surface area contributed by atoms with Crippen molar-refractivity contribution in [2.24, 2.45) is 5.16 Å². The van der Waals surface area contributed by atoms with E-state index >= 15 is 0 Å². The number of allylic oxidation sites excluding steroid dienone is 1. The lowest BCUT2D eigenvalue weighted by molar-refractivity contribution is 0.322. The van der Waals surface area contributed by atoms with E-state index < -0.39 is 0 Å². The van der Waals surface area contributed by atoms with Crippen LogP contribution in [0.5, 0.6) is 0 Å². The Labute approximate surface area is 31.9 Å². The minimum Gasteiger partial charge on any atom is -0.411 e. The molecular weight excluding hydrogens is 66.0 g/mol. The first-order valence-electron chi connectivity index (χ1n) is 1.20. The van der Waals surface area contributed by atoms with Crippen molar-refractivity contribution in [2.45, 2.75) is 0 Å². The molecule has 1 N–H and O–H groups in total. The average molecular weight is 73.1 g/mol. The quantitative estimate of drug-likeness (QED) is 0.279. The van der Waals surface area contributed by atoms with Crippen LogP contribution in [-0.4, -0.2) is 11.4 Å². The standard InChI is InChI=1S/C3H5NO.H2/c1-2-3-4-5;/h2-3,5H,1H2;1H/b4-3+;. The maximum atomic E-state index is 7.56. The molecule has 5 heavy (non-hydrogen) atoms. The van der Waals surface area contributed by atoms with Gasteiger partial charge in [-0.05, 0) is 6.08 Å². The monoisotopic (exact) mass is 73.1 g/mol. The van der Waals surface area contributed by atoms with Gasteiger partial charge in [0, 0.05) is 1.43 Å². The summed E-state index contributed by atoms with van der Waals surface area (Å²) in [7, 11) is 0. The summed E-state index contributed by atoms with van der Waals surface area (Å²) < 4.78 is 0. The summed E-state index contributed by atoms with van der Waals surface area (Å²) in [6.07, 6.45) is 2.58. The Morgan fingerprint density at radius 1 is 2.00 bits per heavy atom. The second-order valence-corrected chi connectivity index (χ2v) is 0.500. The highest BCUT2D eigenvalue weighted by Gasteiger charge is 1.44. The molecule has 0 saturated heterocycles. The summed E-state index contributed by atoms with van der Waals surface area (Å²) in [5.41, 5.74) is 0. The number of hydrogen-bond acceptors (Lipinski definition) is 2. The van der Waals surface area contributed by atoms with Crippen molar-refractivity contribution in [1.29, 1.82) is 0 Å². The van der Waals surface area contributed by atoms with E-state index in [4.69, 9.17) is 5.21 Å². The summed E-state index contributed by atoms with van der Waals surface area (Å²) >= 11 is 0. The minimum atomic E-state index is 0. The lowest BCUT2D eigenvalue weighted by Crippen LogP contribution is -1.54. The van der Waals surface area contributed by atoms with Crippen LogP contribution < -0.4 is 0 Å². The fraction of sp³-hybridized carbons (Fsp3) is 0. The number of rotatable bonds is 1. The molecule has 0 bridgehead atoms. The van der Waals surface area contributed by atoms with Crippen LogP contribution in [0.2, 0.25) is 0 Å². The molecule has 0 atom stereocenters. The molecule has 0 aromatic heterocycles. The Balaban J connectivity index is 0. The average Bonchev–Trinajstić information content (AvgIpc) is 1.41. The van der Waals surface area contributed by atoms with E-state index in [1.54, 1.807) is 0 Å². The van der Waals surface area contributed by atoms with Gasteiger partial charge in [-0.25, -0.2) is 0 Å². The van der Waals surface area contributed by atoms with E-state index in [0.717, 1.165) is 0 Å². The fourth-order valence-electron chi connectivity index (χ4n) is 0.0471. The minimum absolute atomic E-state index is 0. The largest absolute Gasteiger partial charge is 0.411 e. The van der Waals surface area contributed by atoms with Gasteiger partial charge in [-0.3, -0.25) is 0 Å². The summed E-state index contributed by atoms with van der Waals surface area (Å²) in [4.78, 5) is 0. The van der Waals surface area contributed by atoms with Gasteiger partial charge in [0.05, 0.1) is 6.21 Å². The van der Waals surface area contributed by atoms with Gasteiger partial charge in [-0.15, -0.1) is 0 Å². The Bertz CT molecular complexity index is 52.8. The van der Waals surface area contributed by atoms with Gasteiger partial charge in [0.2, 0.25) is 0 Å². The molecule has 0 aliphatic heterocycles. The highest BCUT2D eigenvalue weighted by Crippen LogP contribution is 1.48. The van der Waals surface area contributed by atoms with Crippen molar-refractivity contribution < 1.29 is 6.63 Å².